The van der Waals surface area contributed by atoms with E-state index < -0.39 is 5.82 Å². The monoisotopic (exact) mass is 342 g/mol. The molecule has 25 heavy (non-hydrogen) atoms. The van der Waals surface area contributed by atoms with Gasteiger partial charge in [0.2, 0.25) is 0 Å². The minimum absolute atomic E-state index is 0.0495. The SMILES string of the molecule is C[C@H](CN)Nc1nc(Nc2ccc3c(cnn3C)c2)c(C=O)cc1F. The normalized spacial score (nSPS) is 12.2. The van der Waals surface area contributed by atoms with Crippen LogP contribution in [-0.2, 0) is 7.05 Å². The van der Waals surface area contributed by atoms with Crippen LogP contribution in [0.3, 0.4) is 0 Å². The molecule has 0 fully saturated rings. The van der Waals surface area contributed by atoms with Crippen LogP contribution in [0.4, 0.5) is 21.7 Å². The van der Waals surface area contributed by atoms with E-state index in [0.717, 1.165) is 22.7 Å². The van der Waals surface area contributed by atoms with E-state index in [-0.39, 0.29) is 23.2 Å². The zero-order valence-corrected chi connectivity index (χ0v) is 14.0. The molecule has 3 rings (SSSR count). The van der Waals surface area contributed by atoms with Crippen LogP contribution in [0, 0.1) is 5.82 Å². The van der Waals surface area contributed by atoms with Gasteiger partial charge in [0.25, 0.3) is 0 Å². The lowest BCUT2D eigenvalue weighted by Gasteiger charge is -2.15. The number of fused-ring (bicyclic) bond motifs is 1. The van der Waals surface area contributed by atoms with Crippen molar-refractivity contribution in [3.05, 3.63) is 41.8 Å². The van der Waals surface area contributed by atoms with Crippen LogP contribution >= 0.6 is 0 Å². The number of nitrogens with zero attached hydrogens (tertiary/aromatic N) is 3. The Labute approximate surface area is 144 Å². The fourth-order valence-corrected chi connectivity index (χ4v) is 2.46. The summed E-state index contributed by atoms with van der Waals surface area (Å²) >= 11 is 0. The molecule has 0 aliphatic rings. The quantitative estimate of drug-likeness (QED) is 0.595. The lowest BCUT2D eigenvalue weighted by atomic mass is 10.2. The molecule has 2 heterocycles. The van der Waals surface area contributed by atoms with Gasteiger partial charge in [0, 0.05) is 30.7 Å². The second kappa shape index (κ2) is 6.86. The van der Waals surface area contributed by atoms with Gasteiger partial charge in [-0.1, -0.05) is 0 Å². The molecule has 0 unspecified atom stereocenters. The molecular formula is C17H19FN6O. The second-order valence-electron chi connectivity index (χ2n) is 5.82. The van der Waals surface area contributed by atoms with Crippen molar-refractivity contribution in [2.45, 2.75) is 13.0 Å². The fourth-order valence-electron chi connectivity index (χ4n) is 2.46. The van der Waals surface area contributed by atoms with Crippen molar-refractivity contribution in [3.63, 3.8) is 0 Å². The summed E-state index contributed by atoms with van der Waals surface area (Å²) in [7, 11) is 1.86. The molecule has 4 N–H and O–H groups in total. The van der Waals surface area contributed by atoms with Crippen molar-refractivity contribution in [2.24, 2.45) is 12.8 Å². The number of hydrogen-bond acceptors (Lipinski definition) is 6. The Bertz CT molecular complexity index is 923. The number of rotatable bonds is 6. The van der Waals surface area contributed by atoms with E-state index in [1.807, 2.05) is 32.2 Å². The molecule has 7 nitrogen and oxygen atoms in total. The van der Waals surface area contributed by atoms with Gasteiger partial charge in [0.1, 0.15) is 5.82 Å². The van der Waals surface area contributed by atoms with Crippen LogP contribution < -0.4 is 16.4 Å². The Morgan fingerprint density at radius 1 is 1.36 bits per heavy atom. The van der Waals surface area contributed by atoms with Gasteiger partial charge in [-0.05, 0) is 31.2 Å². The first-order valence-corrected chi connectivity index (χ1v) is 7.83. The van der Waals surface area contributed by atoms with Crippen molar-refractivity contribution < 1.29 is 9.18 Å². The number of anilines is 3. The summed E-state index contributed by atoms with van der Waals surface area (Å²) in [5.74, 6) is -0.282. The highest BCUT2D eigenvalue weighted by molar-refractivity contribution is 5.87. The van der Waals surface area contributed by atoms with Crippen LogP contribution in [0.2, 0.25) is 0 Å². The predicted octanol–water partition coefficient (Wildman–Crippen LogP) is 2.42. The molecule has 1 aromatic carbocycles. The van der Waals surface area contributed by atoms with Crippen LogP contribution in [0.15, 0.2) is 30.5 Å². The maximum Gasteiger partial charge on any atom is 0.166 e. The molecule has 1 atom stereocenters. The molecule has 0 aliphatic carbocycles. The highest BCUT2D eigenvalue weighted by Gasteiger charge is 2.14. The highest BCUT2D eigenvalue weighted by atomic mass is 19.1. The average Bonchev–Trinajstić information content (AvgIpc) is 2.98. The summed E-state index contributed by atoms with van der Waals surface area (Å²) in [5.41, 5.74) is 7.39. The van der Waals surface area contributed by atoms with Crippen LogP contribution in [-0.4, -0.2) is 33.6 Å². The van der Waals surface area contributed by atoms with E-state index in [4.69, 9.17) is 5.73 Å². The molecule has 0 saturated carbocycles. The molecule has 2 aromatic heterocycles. The third kappa shape index (κ3) is 3.43. The Hall–Kier alpha value is -3.00. The number of aromatic nitrogens is 3. The van der Waals surface area contributed by atoms with Gasteiger partial charge in [0.05, 0.1) is 17.3 Å². The summed E-state index contributed by atoms with van der Waals surface area (Å²) in [5, 5.41) is 11.1. The van der Waals surface area contributed by atoms with Gasteiger partial charge >= 0.3 is 0 Å². The largest absolute Gasteiger partial charge is 0.364 e. The Morgan fingerprint density at radius 2 is 2.16 bits per heavy atom. The molecule has 0 saturated heterocycles. The first kappa shape index (κ1) is 16.8. The number of aldehydes is 1. The lowest BCUT2D eigenvalue weighted by molar-refractivity contribution is 0.112. The summed E-state index contributed by atoms with van der Waals surface area (Å²) < 4.78 is 15.9. The van der Waals surface area contributed by atoms with Gasteiger partial charge < -0.3 is 16.4 Å². The molecule has 0 aliphatic heterocycles. The van der Waals surface area contributed by atoms with Crippen molar-refractivity contribution in [1.82, 2.24) is 14.8 Å². The van der Waals surface area contributed by atoms with Crippen molar-refractivity contribution >= 4 is 34.5 Å². The minimum Gasteiger partial charge on any atom is -0.364 e. The molecule has 0 amide bonds. The van der Waals surface area contributed by atoms with Crippen molar-refractivity contribution in [3.8, 4) is 0 Å². The predicted molar refractivity (Wildman–Crippen MR) is 95.7 cm³/mol. The Morgan fingerprint density at radius 3 is 2.88 bits per heavy atom. The number of benzene rings is 1. The highest BCUT2D eigenvalue weighted by Crippen LogP contribution is 2.25. The third-order valence-electron chi connectivity index (χ3n) is 3.88. The number of carbonyl (C=O) groups is 1. The first-order valence-electron chi connectivity index (χ1n) is 7.83. The number of pyridine rings is 1. The molecule has 130 valence electrons. The Balaban J connectivity index is 1.96. The van der Waals surface area contributed by atoms with Gasteiger partial charge in [-0.15, -0.1) is 0 Å². The summed E-state index contributed by atoms with van der Waals surface area (Å²) in [6.07, 6.45) is 2.31. The summed E-state index contributed by atoms with van der Waals surface area (Å²) in [6.45, 7) is 2.15. The second-order valence-corrected chi connectivity index (χ2v) is 5.82. The van der Waals surface area contributed by atoms with E-state index in [1.165, 1.54) is 0 Å². The molecule has 0 spiro atoms. The van der Waals surface area contributed by atoms with Crippen molar-refractivity contribution in [2.75, 3.05) is 17.2 Å². The third-order valence-corrected chi connectivity index (χ3v) is 3.88. The number of carbonyl (C=O) groups excluding carboxylic acids is 1. The molecular weight excluding hydrogens is 323 g/mol. The molecule has 0 radical (unpaired) electrons. The zero-order valence-electron chi connectivity index (χ0n) is 14.0. The van der Waals surface area contributed by atoms with E-state index in [1.54, 1.807) is 10.9 Å². The fraction of sp³-hybridized carbons (Fsp3) is 0.235. The van der Waals surface area contributed by atoms with Gasteiger partial charge in [-0.2, -0.15) is 5.10 Å². The topological polar surface area (TPSA) is 97.9 Å². The number of aryl methyl sites for hydroxylation is 1. The van der Waals surface area contributed by atoms with Gasteiger partial charge in [-0.25, -0.2) is 9.37 Å². The number of hydrogen-bond donors (Lipinski definition) is 3. The first-order chi connectivity index (χ1) is 12.0. The number of halogens is 1. The van der Waals surface area contributed by atoms with Gasteiger partial charge in [0.15, 0.2) is 17.9 Å². The van der Waals surface area contributed by atoms with E-state index in [9.17, 15) is 9.18 Å². The molecule has 0 bridgehead atoms. The van der Waals surface area contributed by atoms with Crippen molar-refractivity contribution in [1.29, 1.82) is 0 Å². The Kier molecular flexibility index (Phi) is 4.62. The minimum atomic E-state index is -0.601. The zero-order chi connectivity index (χ0) is 18.0. The number of nitrogens with two attached hydrogens (primary N) is 1. The average molecular weight is 342 g/mol. The van der Waals surface area contributed by atoms with Crippen LogP contribution in [0.1, 0.15) is 17.3 Å². The molecule has 8 heteroatoms. The summed E-state index contributed by atoms with van der Waals surface area (Å²) in [4.78, 5) is 15.5. The van der Waals surface area contributed by atoms with Crippen LogP contribution in [0.5, 0.6) is 0 Å². The molecule has 3 aromatic rings. The standard InChI is InChI=1S/C17H19FN6O/c1-10(7-19)21-17-14(18)6-12(9-25)16(23-17)22-13-3-4-15-11(5-13)8-20-24(15)2/h3-6,8-10H,7,19H2,1-2H3,(H2,21,22,23)/t10-/m1/s1. The van der Waals surface area contributed by atoms with E-state index >= 15 is 0 Å². The van der Waals surface area contributed by atoms with Gasteiger partial charge in [-0.3, -0.25) is 9.48 Å². The van der Waals surface area contributed by atoms with Crippen LogP contribution in [0.25, 0.3) is 10.9 Å². The summed E-state index contributed by atoms with van der Waals surface area (Å²) in [6, 6.07) is 6.64. The smallest absolute Gasteiger partial charge is 0.166 e. The lowest BCUT2D eigenvalue weighted by Crippen LogP contribution is -2.26. The van der Waals surface area contributed by atoms with E-state index in [0.29, 0.717) is 12.8 Å². The maximum absolute atomic E-state index is 14.1. The number of nitrogens with one attached hydrogen (secondary N) is 2. The maximum atomic E-state index is 14.1. The van der Waals surface area contributed by atoms with E-state index in [2.05, 4.69) is 20.7 Å².